The summed E-state index contributed by atoms with van der Waals surface area (Å²) in [5.74, 6) is -0.910. The van der Waals surface area contributed by atoms with Gasteiger partial charge in [-0.3, -0.25) is 9.78 Å². The Balaban J connectivity index is 1.86. The molecule has 1 saturated heterocycles. The van der Waals surface area contributed by atoms with Crippen molar-refractivity contribution in [3.8, 4) is 22.7 Å². The number of aromatic nitrogens is 4. The van der Waals surface area contributed by atoms with Crippen molar-refractivity contribution in [1.82, 2.24) is 24.4 Å². The minimum Gasteiger partial charge on any atom is -0.507 e. The Morgan fingerprint density at radius 2 is 1.88 bits per heavy atom. The highest BCUT2D eigenvalue weighted by Crippen LogP contribution is 2.39. The number of piperazine rings is 1. The van der Waals surface area contributed by atoms with Crippen LogP contribution >= 0.6 is 11.6 Å². The Kier molecular flexibility index (Phi) is 7.76. The average molecular weight is 591 g/mol. The zero-order valence-electron chi connectivity index (χ0n) is 24.1. The Hall–Kier alpha value is -4.31. The number of pyridine rings is 2. The highest BCUT2D eigenvalue weighted by Gasteiger charge is 2.34. The van der Waals surface area contributed by atoms with Gasteiger partial charge in [0.25, 0.3) is 0 Å². The number of anilines is 1. The second-order valence-electron chi connectivity index (χ2n) is 10.9. The number of carbonyl (C=O) groups is 1. The van der Waals surface area contributed by atoms with Crippen molar-refractivity contribution < 1.29 is 14.3 Å². The van der Waals surface area contributed by atoms with Gasteiger partial charge in [-0.15, -0.1) is 0 Å². The number of nitrogens with zero attached hydrogens (tertiary/aromatic N) is 6. The molecular formula is C31H32ClFN6O3. The highest BCUT2D eigenvalue weighted by atomic mass is 35.5. The van der Waals surface area contributed by atoms with Crippen molar-refractivity contribution in [2.24, 2.45) is 0 Å². The summed E-state index contributed by atoms with van der Waals surface area (Å²) in [7, 11) is 0. The first-order chi connectivity index (χ1) is 19.9. The first kappa shape index (κ1) is 29.2. The standard InChI is InChI=1S/C31H32ClFN6O3/c1-7-24(41)37-14-18(5)38(19(6)15-37)30-20-13-21(32)27(25-22(33)9-8-10-23(25)40)35-29(20)39(31(42)36-30)28-17(4)11-12-34-26(28)16(2)3/h7-13,16,18-19,40H,1,14-15H2,2-6H3/t18-,19-/m1/s1. The third-order valence-corrected chi connectivity index (χ3v) is 7.89. The number of hydrogen-bond acceptors (Lipinski definition) is 7. The Morgan fingerprint density at radius 1 is 1.19 bits per heavy atom. The zero-order chi connectivity index (χ0) is 30.5. The lowest BCUT2D eigenvalue weighted by molar-refractivity contribution is -0.127. The predicted molar refractivity (Wildman–Crippen MR) is 162 cm³/mol. The number of aryl methyl sites for hydroxylation is 1. The van der Waals surface area contributed by atoms with Crippen LogP contribution in [0.4, 0.5) is 10.2 Å². The van der Waals surface area contributed by atoms with Crippen molar-refractivity contribution in [2.75, 3.05) is 18.0 Å². The molecule has 5 rings (SSSR count). The van der Waals surface area contributed by atoms with Crippen LogP contribution in [0.5, 0.6) is 5.75 Å². The number of aromatic hydroxyl groups is 1. The second-order valence-corrected chi connectivity index (χ2v) is 11.4. The Labute approximate surface area is 247 Å². The van der Waals surface area contributed by atoms with Gasteiger partial charge in [-0.25, -0.2) is 18.7 Å². The zero-order valence-corrected chi connectivity index (χ0v) is 24.9. The first-order valence-electron chi connectivity index (χ1n) is 13.7. The largest absolute Gasteiger partial charge is 0.507 e. The first-order valence-corrected chi connectivity index (χ1v) is 14.1. The van der Waals surface area contributed by atoms with Crippen LogP contribution in [-0.4, -0.2) is 60.6 Å². The van der Waals surface area contributed by atoms with E-state index in [2.05, 4.69) is 16.5 Å². The summed E-state index contributed by atoms with van der Waals surface area (Å²) in [4.78, 5) is 44.0. The fourth-order valence-electron chi connectivity index (χ4n) is 5.76. The van der Waals surface area contributed by atoms with E-state index in [4.69, 9.17) is 16.6 Å². The summed E-state index contributed by atoms with van der Waals surface area (Å²) < 4.78 is 16.4. The molecule has 1 N–H and O–H groups in total. The van der Waals surface area contributed by atoms with Crippen molar-refractivity contribution in [3.63, 3.8) is 0 Å². The van der Waals surface area contributed by atoms with Gasteiger partial charge in [0, 0.05) is 31.4 Å². The van der Waals surface area contributed by atoms with E-state index >= 15 is 4.39 Å². The molecule has 2 atom stereocenters. The number of rotatable bonds is 5. The lowest BCUT2D eigenvalue weighted by atomic mass is 10.0. The van der Waals surface area contributed by atoms with Crippen LogP contribution in [0.15, 0.2) is 54.0 Å². The number of carbonyl (C=O) groups excluding carboxylic acids is 1. The van der Waals surface area contributed by atoms with Crippen molar-refractivity contribution >= 4 is 34.4 Å². The fourth-order valence-corrected chi connectivity index (χ4v) is 6.01. The van der Waals surface area contributed by atoms with E-state index in [1.165, 1.54) is 28.8 Å². The van der Waals surface area contributed by atoms with Crippen LogP contribution in [-0.2, 0) is 4.79 Å². The van der Waals surface area contributed by atoms with Crippen LogP contribution in [0.3, 0.4) is 0 Å². The molecule has 4 aromatic rings. The fraction of sp³-hybridized carbons (Fsp3) is 0.323. The number of benzene rings is 1. The molecule has 0 bridgehead atoms. The highest BCUT2D eigenvalue weighted by molar-refractivity contribution is 6.34. The van der Waals surface area contributed by atoms with Gasteiger partial charge in [0.1, 0.15) is 17.4 Å². The summed E-state index contributed by atoms with van der Waals surface area (Å²) in [6.45, 7) is 14.1. The molecule has 3 aromatic heterocycles. The van der Waals surface area contributed by atoms with E-state index in [0.29, 0.717) is 35.7 Å². The molecule has 0 aliphatic carbocycles. The van der Waals surface area contributed by atoms with Gasteiger partial charge in [-0.1, -0.05) is 38.1 Å². The molecule has 0 radical (unpaired) electrons. The van der Waals surface area contributed by atoms with E-state index in [1.54, 1.807) is 23.2 Å². The van der Waals surface area contributed by atoms with E-state index in [0.717, 1.165) is 5.56 Å². The number of fused-ring (bicyclic) bond motifs is 1. The maximum atomic E-state index is 15.1. The quantitative estimate of drug-likeness (QED) is 0.311. The maximum Gasteiger partial charge on any atom is 0.355 e. The van der Waals surface area contributed by atoms with E-state index in [9.17, 15) is 14.7 Å². The van der Waals surface area contributed by atoms with E-state index in [1.807, 2.05) is 39.5 Å². The Morgan fingerprint density at radius 3 is 2.50 bits per heavy atom. The number of phenols is 1. The third kappa shape index (κ3) is 4.89. The molecule has 1 aliphatic rings. The van der Waals surface area contributed by atoms with Gasteiger partial charge in [-0.2, -0.15) is 4.98 Å². The summed E-state index contributed by atoms with van der Waals surface area (Å²) >= 11 is 6.75. The number of halogens is 2. The van der Waals surface area contributed by atoms with Gasteiger partial charge in [0.2, 0.25) is 5.91 Å². The Bertz CT molecular complexity index is 1760. The average Bonchev–Trinajstić information content (AvgIpc) is 2.93. The topological polar surface area (TPSA) is 104 Å². The van der Waals surface area contributed by atoms with Crippen LogP contribution in [0.25, 0.3) is 28.0 Å². The smallest absolute Gasteiger partial charge is 0.355 e. The number of hydrogen-bond donors (Lipinski definition) is 1. The van der Waals surface area contributed by atoms with Crippen LogP contribution in [0.1, 0.15) is 44.9 Å². The number of amides is 1. The molecule has 42 heavy (non-hydrogen) atoms. The second kappa shape index (κ2) is 11.2. The molecule has 1 aliphatic heterocycles. The van der Waals surface area contributed by atoms with Gasteiger partial charge >= 0.3 is 5.69 Å². The third-order valence-electron chi connectivity index (χ3n) is 7.60. The molecule has 0 spiro atoms. The molecule has 9 nitrogen and oxygen atoms in total. The molecule has 1 amide bonds. The number of phenolic OH excluding ortho intramolecular Hbond substituents is 1. The lowest BCUT2D eigenvalue weighted by Gasteiger charge is -2.45. The molecular weight excluding hydrogens is 559 g/mol. The molecule has 1 fully saturated rings. The van der Waals surface area contributed by atoms with Crippen molar-refractivity contribution in [2.45, 2.75) is 52.6 Å². The van der Waals surface area contributed by atoms with Crippen molar-refractivity contribution in [3.05, 3.63) is 81.8 Å². The molecule has 11 heteroatoms. The normalized spacial score (nSPS) is 17.2. The molecule has 218 valence electrons. The molecule has 4 heterocycles. The van der Waals surface area contributed by atoms with Crippen LogP contribution < -0.4 is 10.6 Å². The van der Waals surface area contributed by atoms with E-state index in [-0.39, 0.29) is 51.6 Å². The monoisotopic (exact) mass is 590 g/mol. The van der Waals surface area contributed by atoms with Crippen LogP contribution in [0.2, 0.25) is 5.02 Å². The molecule has 0 saturated carbocycles. The van der Waals surface area contributed by atoms with Gasteiger partial charge in [-0.05, 0) is 62.6 Å². The lowest BCUT2D eigenvalue weighted by Crippen LogP contribution is -2.58. The summed E-state index contributed by atoms with van der Waals surface area (Å²) in [6, 6.07) is 6.90. The molecule has 1 aromatic carbocycles. The SMILES string of the molecule is C=CC(=O)N1C[C@@H](C)N(c2nc(=O)n(-c3c(C)ccnc3C(C)C)c3nc(-c4c(O)cccc4F)c(Cl)cc23)[C@H](C)C1. The van der Waals surface area contributed by atoms with Crippen LogP contribution in [0, 0.1) is 12.7 Å². The van der Waals surface area contributed by atoms with E-state index < -0.39 is 11.5 Å². The summed E-state index contributed by atoms with van der Waals surface area (Å²) in [5, 5.41) is 11.1. The van der Waals surface area contributed by atoms with Crippen molar-refractivity contribution in [1.29, 1.82) is 0 Å². The van der Waals surface area contributed by atoms with Gasteiger partial charge < -0.3 is 14.9 Å². The minimum absolute atomic E-state index is 0.0137. The van der Waals surface area contributed by atoms with Gasteiger partial charge in [0.15, 0.2) is 5.65 Å². The van der Waals surface area contributed by atoms with Gasteiger partial charge in [0.05, 0.1) is 33.0 Å². The maximum absolute atomic E-state index is 15.1. The summed E-state index contributed by atoms with van der Waals surface area (Å²) in [5.41, 5.74) is 1.37. The minimum atomic E-state index is -0.711. The predicted octanol–water partition coefficient (Wildman–Crippen LogP) is 5.38. The molecule has 0 unspecified atom stereocenters. The summed E-state index contributed by atoms with van der Waals surface area (Å²) in [6.07, 6.45) is 2.97.